The summed E-state index contributed by atoms with van der Waals surface area (Å²) < 4.78 is 23.4. The van der Waals surface area contributed by atoms with E-state index in [1.807, 2.05) is 13.0 Å². The lowest BCUT2D eigenvalue weighted by atomic mass is 9.60. The zero-order chi connectivity index (χ0) is 26.5. The molecular formula is C26H38O9. The van der Waals surface area contributed by atoms with E-state index in [0.717, 1.165) is 5.57 Å². The molecule has 0 aromatic carbocycles. The molecule has 0 unspecified atom stereocenters. The maximum absolute atomic E-state index is 12.0. The largest absolute Gasteiger partial charge is 0.459 e. The van der Waals surface area contributed by atoms with E-state index < -0.39 is 71.5 Å². The first kappa shape index (κ1) is 27.4. The van der Waals surface area contributed by atoms with Crippen molar-refractivity contribution in [1.29, 1.82) is 0 Å². The van der Waals surface area contributed by atoms with Crippen molar-refractivity contribution in [3.05, 3.63) is 23.8 Å². The lowest BCUT2D eigenvalue weighted by molar-refractivity contribution is -0.204. The molecule has 35 heavy (non-hydrogen) atoms. The van der Waals surface area contributed by atoms with Crippen LogP contribution >= 0.6 is 0 Å². The molecule has 2 bridgehead atoms. The Morgan fingerprint density at radius 3 is 2.29 bits per heavy atom. The zero-order valence-corrected chi connectivity index (χ0v) is 21.6. The molecule has 0 spiro atoms. The van der Waals surface area contributed by atoms with E-state index in [0.29, 0.717) is 12.0 Å². The molecule has 0 amide bonds. The van der Waals surface area contributed by atoms with Crippen LogP contribution in [0.5, 0.6) is 0 Å². The summed E-state index contributed by atoms with van der Waals surface area (Å²) in [6, 6.07) is 0. The summed E-state index contributed by atoms with van der Waals surface area (Å²) in [5, 5.41) is 22.6. The summed E-state index contributed by atoms with van der Waals surface area (Å²) in [6.45, 7) is 14.8. The Morgan fingerprint density at radius 1 is 1.14 bits per heavy atom. The van der Waals surface area contributed by atoms with Gasteiger partial charge in [0.2, 0.25) is 0 Å². The molecule has 0 radical (unpaired) electrons. The minimum absolute atomic E-state index is 0.0461. The van der Waals surface area contributed by atoms with Crippen molar-refractivity contribution in [3.63, 3.8) is 0 Å². The zero-order valence-electron chi connectivity index (χ0n) is 21.6. The normalized spacial score (nSPS) is 39.3. The van der Waals surface area contributed by atoms with Crippen LogP contribution in [0.3, 0.4) is 0 Å². The minimum atomic E-state index is -1.72. The van der Waals surface area contributed by atoms with Gasteiger partial charge in [0.05, 0.1) is 18.3 Å². The number of esters is 3. The van der Waals surface area contributed by atoms with Gasteiger partial charge in [-0.2, -0.15) is 0 Å². The van der Waals surface area contributed by atoms with Gasteiger partial charge in [0.15, 0.2) is 0 Å². The van der Waals surface area contributed by atoms with Crippen LogP contribution in [-0.2, 0) is 33.3 Å². The first-order chi connectivity index (χ1) is 16.1. The van der Waals surface area contributed by atoms with E-state index in [4.69, 9.17) is 18.9 Å². The second-order valence-corrected chi connectivity index (χ2v) is 10.8. The summed E-state index contributed by atoms with van der Waals surface area (Å²) in [5.74, 6) is -2.89. The van der Waals surface area contributed by atoms with Gasteiger partial charge in [-0.1, -0.05) is 12.2 Å². The third-order valence-electron chi connectivity index (χ3n) is 7.63. The summed E-state index contributed by atoms with van der Waals surface area (Å²) in [6.07, 6.45) is -2.04. The first-order valence-corrected chi connectivity index (χ1v) is 12.0. The Bertz CT molecular complexity index is 918. The highest BCUT2D eigenvalue weighted by molar-refractivity contribution is 5.67. The average Bonchev–Trinajstić information content (AvgIpc) is 3.05. The van der Waals surface area contributed by atoms with Crippen LogP contribution in [0, 0.1) is 17.8 Å². The van der Waals surface area contributed by atoms with E-state index in [-0.39, 0.29) is 12.3 Å². The average molecular weight is 495 g/mol. The highest BCUT2D eigenvalue weighted by Gasteiger charge is 2.64. The van der Waals surface area contributed by atoms with Gasteiger partial charge in [0.1, 0.15) is 23.4 Å². The monoisotopic (exact) mass is 494 g/mol. The maximum Gasteiger partial charge on any atom is 0.303 e. The molecule has 196 valence electrons. The smallest absolute Gasteiger partial charge is 0.303 e. The third kappa shape index (κ3) is 5.32. The van der Waals surface area contributed by atoms with E-state index in [1.165, 1.54) is 27.7 Å². The van der Waals surface area contributed by atoms with Crippen molar-refractivity contribution in [2.75, 3.05) is 0 Å². The van der Waals surface area contributed by atoms with Crippen molar-refractivity contribution in [1.82, 2.24) is 0 Å². The molecule has 3 aliphatic rings. The standard InChI is InChI=1S/C26H38O9/c1-12-9-18-21-13(2)10-19(32-14(3)27)23(25(6,7)35-16(5)29)22(21)24(34-18)26(8,31)20(11-17(12)30)33-15(4)28/h10,17-24,30-31H,1,9,11H2,2-8H3/t17-,18+,19+,20-,21+,22-,23-,24+,26+/m0/s1. The van der Waals surface area contributed by atoms with Gasteiger partial charge in [-0.3, -0.25) is 14.4 Å². The molecule has 2 fully saturated rings. The Morgan fingerprint density at radius 2 is 1.74 bits per heavy atom. The van der Waals surface area contributed by atoms with Crippen molar-refractivity contribution in [2.45, 2.75) is 103 Å². The Kier molecular flexibility index (Phi) is 7.56. The van der Waals surface area contributed by atoms with Gasteiger partial charge >= 0.3 is 17.9 Å². The number of carbonyl (C=O) groups is 3. The molecule has 9 heteroatoms. The fourth-order valence-corrected chi connectivity index (χ4v) is 6.35. The molecule has 9 nitrogen and oxygen atoms in total. The second kappa shape index (κ2) is 9.67. The fourth-order valence-electron chi connectivity index (χ4n) is 6.35. The molecule has 2 N–H and O–H groups in total. The minimum Gasteiger partial charge on any atom is -0.459 e. The molecular weight excluding hydrogens is 456 g/mol. The van der Waals surface area contributed by atoms with Crippen LogP contribution in [0.25, 0.3) is 0 Å². The molecule has 2 heterocycles. The Labute approximate surface area is 206 Å². The van der Waals surface area contributed by atoms with Gasteiger partial charge in [-0.05, 0) is 45.8 Å². The number of hydrogen-bond acceptors (Lipinski definition) is 9. The topological polar surface area (TPSA) is 129 Å². The number of fused-ring (bicyclic) bond motifs is 5. The fraction of sp³-hybridized carbons (Fsp3) is 0.731. The molecule has 2 aliphatic heterocycles. The number of aliphatic hydroxyl groups is 2. The molecule has 0 aromatic heterocycles. The SMILES string of the molecule is C=C1C[C@H]2O[C@H]([C@H]3[C@@H]2C(C)=C[C@@H](OC(C)=O)[C@@H]3C(C)(C)OC(C)=O)[C@](C)(O)[C@@H](OC(C)=O)C[C@@H]1O. The Balaban J connectivity index is 2.21. The number of ether oxygens (including phenoxy) is 4. The highest BCUT2D eigenvalue weighted by atomic mass is 16.6. The molecule has 1 aliphatic carbocycles. The lowest BCUT2D eigenvalue weighted by Gasteiger charge is -2.49. The Hall–Kier alpha value is -2.23. The third-order valence-corrected chi connectivity index (χ3v) is 7.63. The quantitative estimate of drug-likeness (QED) is 0.343. The number of rotatable bonds is 4. The van der Waals surface area contributed by atoms with Gasteiger partial charge < -0.3 is 29.2 Å². The van der Waals surface area contributed by atoms with Crippen molar-refractivity contribution in [2.24, 2.45) is 17.8 Å². The summed E-state index contributed by atoms with van der Waals surface area (Å²) in [4.78, 5) is 36.0. The summed E-state index contributed by atoms with van der Waals surface area (Å²) in [5.41, 5.74) is -1.42. The van der Waals surface area contributed by atoms with Crippen molar-refractivity contribution in [3.8, 4) is 0 Å². The number of hydrogen-bond donors (Lipinski definition) is 2. The molecule has 2 saturated heterocycles. The van der Waals surface area contributed by atoms with E-state index in [1.54, 1.807) is 13.8 Å². The molecule has 0 saturated carbocycles. The summed E-state index contributed by atoms with van der Waals surface area (Å²) >= 11 is 0. The van der Waals surface area contributed by atoms with E-state index >= 15 is 0 Å². The van der Waals surface area contributed by atoms with Crippen LogP contribution in [0.1, 0.15) is 61.3 Å². The van der Waals surface area contributed by atoms with E-state index in [2.05, 4.69) is 6.58 Å². The van der Waals surface area contributed by atoms with Crippen LogP contribution in [0.4, 0.5) is 0 Å². The van der Waals surface area contributed by atoms with Gasteiger partial charge in [0, 0.05) is 44.9 Å². The molecule has 3 rings (SSSR count). The van der Waals surface area contributed by atoms with Gasteiger partial charge in [0.25, 0.3) is 0 Å². The van der Waals surface area contributed by atoms with Crippen LogP contribution in [0.15, 0.2) is 23.8 Å². The van der Waals surface area contributed by atoms with Crippen LogP contribution < -0.4 is 0 Å². The second-order valence-electron chi connectivity index (χ2n) is 10.8. The lowest BCUT2D eigenvalue weighted by Crippen LogP contribution is -2.60. The first-order valence-electron chi connectivity index (χ1n) is 12.0. The predicted octanol–water partition coefficient (Wildman–Crippen LogP) is 2.23. The van der Waals surface area contributed by atoms with E-state index in [9.17, 15) is 24.6 Å². The summed E-state index contributed by atoms with van der Waals surface area (Å²) in [7, 11) is 0. The maximum atomic E-state index is 12.0. The van der Waals surface area contributed by atoms with Crippen LogP contribution in [0.2, 0.25) is 0 Å². The van der Waals surface area contributed by atoms with Crippen LogP contribution in [-0.4, -0.2) is 69.8 Å². The van der Waals surface area contributed by atoms with Crippen molar-refractivity contribution < 1.29 is 43.5 Å². The molecule has 0 aromatic rings. The number of carbonyl (C=O) groups excluding carboxylic acids is 3. The van der Waals surface area contributed by atoms with Gasteiger partial charge in [-0.25, -0.2) is 0 Å². The van der Waals surface area contributed by atoms with Gasteiger partial charge in [-0.15, -0.1) is 0 Å². The highest BCUT2D eigenvalue weighted by Crippen LogP contribution is 2.55. The molecule has 9 atom stereocenters. The van der Waals surface area contributed by atoms with Crippen molar-refractivity contribution >= 4 is 17.9 Å². The number of aliphatic hydroxyl groups excluding tert-OH is 1. The predicted molar refractivity (Wildman–Crippen MR) is 125 cm³/mol.